The first-order chi connectivity index (χ1) is 6.33. The van der Waals surface area contributed by atoms with Gasteiger partial charge in [-0.2, -0.15) is 0 Å². The zero-order valence-corrected chi connectivity index (χ0v) is 11.4. The van der Waals surface area contributed by atoms with Crippen molar-refractivity contribution in [3.05, 3.63) is 0 Å². The fraction of sp³-hybridized carbons (Fsp3) is 1.00. The summed E-state index contributed by atoms with van der Waals surface area (Å²) in [5.74, 6) is 0. The van der Waals surface area contributed by atoms with Gasteiger partial charge in [0.25, 0.3) is 0 Å². The van der Waals surface area contributed by atoms with Crippen LogP contribution in [0.5, 0.6) is 0 Å². The molecule has 0 aromatic rings. The summed E-state index contributed by atoms with van der Waals surface area (Å²) >= 11 is 0. The molecule has 0 radical (unpaired) electrons. The Hall–Kier alpha value is 0.137. The molecule has 1 fully saturated rings. The van der Waals surface area contributed by atoms with Crippen LogP contribution in [0.25, 0.3) is 0 Å². The van der Waals surface area contributed by atoms with Gasteiger partial charge in [-0.25, -0.2) is 5.06 Å². The number of hydrogen-bond donors (Lipinski definition) is 0. The van der Waals surface area contributed by atoms with Crippen LogP contribution in [0.15, 0.2) is 0 Å². The SMILES string of the molecule is CC(C)(C)[Si](C)(C)ON1CCCCC1. The second-order valence-electron chi connectivity index (χ2n) is 5.84. The van der Waals surface area contributed by atoms with Crippen LogP contribution in [0.1, 0.15) is 40.0 Å². The number of piperidine rings is 1. The molecule has 0 saturated carbocycles. The van der Waals surface area contributed by atoms with E-state index in [9.17, 15) is 0 Å². The third kappa shape index (κ3) is 3.07. The van der Waals surface area contributed by atoms with Crippen molar-refractivity contribution in [1.82, 2.24) is 5.06 Å². The first-order valence-corrected chi connectivity index (χ1v) is 8.68. The maximum absolute atomic E-state index is 6.22. The van der Waals surface area contributed by atoms with Crippen LogP contribution in [0.4, 0.5) is 0 Å². The first-order valence-electron chi connectivity index (χ1n) is 5.77. The predicted molar refractivity (Wildman–Crippen MR) is 63.7 cm³/mol. The van der Waals surface area contributed by atoms with Crippen LogP contribution in [-0.2, 0) is 4.53 Å². The summed E-state index contributed by atoms with van der Waals surface area (Å²) in [6.45, 7) is 13.8. The molecule has 84 valence electrons. The molecule has 1 heterocycles. The zero-order valence-electron chi connectivity index (χ0n) is 10.4. The Balaban J connectivity index is 2.49. The topological polar surface area (TPSA) is 12.5 Å². The van der Waals surface area contributed by atoms with Crippen molar-refractivity contribution >= 4 is 8.32 Å². The molecule has 0 amide bonds. The van der Waals surface area contributed by atoms with Gasteiger partial charge in [0, 0.05) is 13.1 Å². The largest absolute Gasteiger partial charge is 0.342 e. The van der Waals surface area contributed by atoms with E-state index in [1.807, 2.05) is 0 Å². The monoisotopic (exact) mass is 215 g/mol. The minimum Gasteiger partial charge on any atom is -0.342 e. The lowest BCUT2D eigenvalue weighted by Crippen LogP contribution is -2.48. The molecule has 0 N–H and O–H groups in total. The Bertz CT molecular complexity index is 180. The predicted octanol–water partition coefficient (Wildman–Crippen LogP) is 3.41. The van der Waals surface area contributed by atoms with Gasteiger partial charge < -0.3 is 4.53 Å². The summed E-state index contributed by atoms with van der Waals surface area (Å²) in [5, 5.41) is 2.53. The van der Waals surface area contributed by atoms with Crippen LogP contribution in [0.2, 0.25) is 18.1 Å². The summed E-state index contributed by atoms with van der Waals surface area (Å²) in [4.78, 5) is 0. The molecule has 1 saturated heterocycles. The molecule has 0 spiro atoms. The van der Waals surface area contributed by atoms with E-state index in [2.05, 4.69) is 38.9 Å². The van der Waals surface area contributed by atoms with E-state index in [-0.39, 0.29) is 0 Å². The number of rotatable bonds is 2. The van der Waals surface area contributed by atoms with Crippen molar-refractivity contribution in [3.8, 4) is 0 Å². The first kappa shape index (κ1) is 12.2. The molecular weight excluding hydrogens is 190 g/mol. The van der Waals surface area contributed by atoms with Crippen LogP contribution in [0, 0.1) is 0 Å². The average Bonchev–Trinajstić information content (AvgIpc) is 2.03. The van der Waals surface area contributed by atoms with E-state index in [1.54, 1.807) is 0 Å². The number of hydroxylamine groups is 2. The number of nitrogens with zero attached hydrogens (tertiary/aromatic N) is 1. The highest BCUT2D eigenvalue weighted by atomic mass is 28.4. The molecule has 0 aliphatic carbocycles. The summed E-state index contributed by atoms with van der Waals surface area (Å²) < 4.78 is 6.22. The molecule has 0 unspecified atom stereocenters. The van der Waals surface area contributed by atoms with Gasteiger partial charge >= 0.3 is 0 Å². The maximum Gasteiger partial charge on any atom is 0.220 e. The van der Waals surface area contributed by atoms with Crippen molar-refractivity contribution in [2.45, 2.75) is 58.2 Å². The van der Waals surface area contributed by atoms with E-state index in [4.69, 9.17) is 4.53 Å². The second kappa shape index (κ2) is 4.33. The van der Waals surface area contributed by atoms with Gasteiger partial charge in [0.2, 0.25) is 8.32 Å². The molecule has 14 heavy (non-hydrogen) atoms. The standard InChI is InChI=1S/C11H25NOSi/c1-11(2,3)14(4,5)13-12-9-7-6-8-10-12/h6-10H2,1-5H3. The summed E-state index contributed by atoms with van der Waals surface area (Å²) in [6, 6.07) is 0. The lowest BCUT2D eigenvalue weighted by molar-refractivity contribution is -0.0860. The van der Waals surface area contributed by atoms with Crippen molar-refractivity contribution in [3.63, 3.8) is 0 Å². The molecule has 3 heteroatoms. The molecular formula is C11H25NOSi. The Morgan fingerprint density at radius 3 is 1.93 bits per heavy atom. The normalized spacial score (nSPS) is 21.2. The summed E-state index contributed by atoms with van der Waals surface area (Å²) in [7, 11) is -1.57. The molecule has 1 rings (SSSR count). The number of hydrogen-bond acceptors (Lipinski definition) is 2. The minimum absolute atomic E-state index is 0.324. The molecule has 1 aliphatic heterocycles. The Labute approximate surface area is 89.7 Å². The Morgan fingerprint density at radius 1 is 1.00 bits per heavy atom. The van der Waals surface area contributed by atoms with Crippen molar-refractivity contribution < 1.29 is 4.53 Å². The van der Waals surface area contributed by atoms with E-state index < -0.39 is 8.32 Å². The van der Waals surface area contributed by atoms with Crippen molar-refractivity contribution in [2.75, 3.05) is 13.1 Å². The van der Waals surface area contributed by atoms with Gasteiger partial charge in [-0.1, -0.05) is 27.2 Å². The fourth-order valence-electron chi connectivity index (χ4n) is 1.42. The fourth-order valence-corrected chi connectivity index (χ4v) is 2.52. The minimum atomic E-state index is -1.57. The zero-order chi connectivity index (χ0) is 10.8. The van der Waals surface area contributed by atoms with Crippen LogP contribution in [0.3, 0.4) is 0 Å². The quantitative estimate of drug-likeness (QED) is 0.655. The van der Waals surface area contributed by atoms with Gasteiger partial charge in [0.1, 0.15) is 0 Å². The highest BCUT2D eigenvalue weighted by Crippen LogP contribution is 2.37. The maximum atomic E-state index is 6.22. The van der Waals surface area contributed by atoms with E-state index in [0.717, 1.165) is 13.1 Å². The lowest BCUT2D eigenvalue weighted by Gasteiger charge is -2.41. The van der Waals surface area contributed by atoms with Gasteiger partial charge in [-0.15, -0.1) is 0 Å². The summed E-state index contributed by atoms with van der Waals surface area (Å²) in [5.41, 5.74) is 0. The molecule has 0 bridgehead atoms. The second-order valence-corrected chi connectivity index (χ2v) is 10.5. The van der Waals surface area contributed by atoms with Gasteiger partial charge in [0.05, 0.1) is 0 Å². The van der Waals surface area contributed by atoms with E-state index in [1.165, 1.54) is 19.3 Å². The lowest BCUT2D eigenvalue weighted by atomic mass is 10.2. The van der Waals surface area contributed by atoms with Crippen molar-refractivity contribution in [2.24, 2.45) is 0 Å². The highest BCUT2D eigenvalue weighted by molar-refractivity contribution is 6.74. The molecule has 2 nitrogen and oxygen atoms in total. The van der Waals surface area contributed by atoms with Crippen LogP contribution in [-0.4, -0.2) is 26.5 Å². The highest BCUT2D eigenvalue weighted by Gasteiger charge is 2.39. The Morgan fingerprint density at radius 2 is 1.50 bits per heavy atom. The molecule has 0 aromatic carbocycles. The third-order valence-electron chi connectivity index (χ3n) is 3.48. The van der Waals surface area contributed by atoms with Crippen molar-refractivity contribution in [1.29, 1.82) is 0 Å². The third-order valence-corrected chi connectivity index (χ3v) is 7.81. The van der Waals surface area contributed by atoms with E-state index >= 15 is 0 Å². The molecule has 1 aliphatic rings. The Kier molecular flexibility index (Phi) is 3.78. The van der Waals surface area contributed by atoms with Crippen LogP contribution >= 0.6 is 0 Å². The van der Waals surface area contributed by atoms with Gasteiger partial charge in [-0.05, 0) is 31.0 Å². The summed E-state index contributed by atoms with van der Waals surface area (Å²) in [6.07, 6.45) is 3.97. The average molecular weight is 215 g/mol. The van der Waals surface area contributed by atoms with Gasteiger partial charge in [0.15, 0.2) is 0 Å². The van der Waals surface area contributed by atoms with Crippen LogP contribution < -0.4 is 0 Å². The molecule has 0 atom stereocenters. The smallest absolute Gasteiger partial charge is 0.220 e. The van der Waals surface area contributed by atoms with E-state index in [0.29, 0.717) is 5.04 Å². The van der Waals surface area contributed by atoms with Gasteiger partial charge in [-0.3, -0.25) is 0 Å². The molecule has 0 aromatic heterocycles.